The summed E-state index contributed by atoms with van der Waals surface area (Å²) in [5, 5.41) is 16.3. The summed E-state index contributed by atoms with van der Waals surface area (Å²) >= 11 is 0. The number of aliphatic carboxylic acids is 2. The number of hydrogen-bond donors (Lipinski definition) is 2. The molecule has 0 heterocycles. The van der Waals surface area contributed by atoms with E-state index in [4.69, 9.17) is 19.7 Å². The molecular weight excluding hydrogens is 512 g/mol. The lowest BCUT2D eigenvalue weighted by molar-refractivity contribution is -0.147. The molecule has 0 fully saturated rings. The molecule has 8 nitrogen and oxygen atoms in total. The molecule has 0 aromatic carbocycles. The van der Waals surface area contributed by atoms with Crippen LogP contribution in [0.15, 0.2) is 0 Å². The van der Waals surface area contributed by atoms with Gasteiger partial charge in [-0.25, -0.2) is 0 Å². The van der Waals surface area contributed by atoms with Crippen LogP contribution < -0.4 is 0 Å². The second-order valence-electron chi connectivity index (χ2n) is 10.9. The first-order chi connectivity index (χ1) is 19.2. The van der Waals surface area contributed by atoms with Crippen LogP contribution in [0.3, 0.4) is 0 Å². The predicted octanol–water partition coefficient (Wildman–Crippen LogP) is 8.34. The van der Waals surface area contributed by atoms with Gasteiger partial charge in [-0.1, -0.05) is 79.1 Å². The van der Waals surface area contributed by atoms with Crippen molar-refractivity contribution in [1.29, 1.82) is 0 Å². The fourth-order valence-corrected chi connectivity index (χ4v) is 4.46. The van der Waals surface area contributed by atoms with Gasteiger partial charge in [-0.3, -0.25) is 19.2 Å². The third-order valence-electron chi connectivity index (χ3n) is 6.83. The van der Waals surface area contributed by atoms with Crippen molar-refractivity contribution in [2.45, 2.75) is 156 Å². The zero-order valence-corrected chi connectivity index (χ0v) is 26.1. The third-order valence-corrected chi connectivity index (χ3v) is 6.83. The fraction of sp³-hybridized carbons (Fsp3) is 0.875. The van der Waals surface area contributed by atoms with E-state index in [1.807, 2.05) is 0 Å². The summed E-state index contributed by atoms with van der Waals surface area (Å²) in [6.07, 6.45) is 17.4. The normalized spacial score (nSPS) is 12.1. The Labute approximate surface area is 244 Å². The molecule has 2 unspecified atom stereocenters. The van der Waals surface area contributed by atoms with Gasteiger partial charge in [0.2, 0.25) is 0 Å². The monoisotopic (exact) mass is 572 g/mol. The Morgan fingerprint density at radius 2 is 0.825 bits per heavy atom. The van der Waals surface area contributed by atoms with E-state index in [9.17, 15) is 19.2 Å². The van der Waals surface area contributed by atoms with Gasteiger partial charge in [0.15, 0.2) is 0 Å². The molecule has 0 saturated carbocycles. The SMILES string of the molecule is CCCCCC(CCC)COC(=O)CCCCC(=O)OCC(CCC)CCCCC.O=C(O)CCCCC(=O)O. The molecule has 0 spiro atoms. The lowest BCUT2D eigenvalue weighted by Gasteiger charge is -2.16. The largest absolute Gasteiger partial charge is 0.481 e. The maximum atomic E-state index is 12.0. The molecule has 0 bridgehead atoms. The molecule has 0 rings (SSSR count). The van der Waals surface area contributed by atoms with E-state index < -0.39 is 11.9 Å². The number of carbonyl (C=O) groups is 4. The van der Waals surface area contributed by atoms with Gasteiger partial charge in [-0.05, 0) is 63.2 Å². The smallest absolute Gasteiger partial charge is 0.305 e. The van der Waals surface area contributed by atoms with Gasteiger partial charge in [0, 0.05) is 25.7 Å². The molecule has 8 heteroatoms. The number of carboxylic acid groups (broad SMARTS) is 2. The molecule has 2 N–H and O–H groups in total. The summed E-state index contributed by atoms with van der Waals surface area (Å²) in [6, 6.07) is 0. The molecule has 0 aliphatic carbocycles. The van der Waals surface area contributed by atoms with Crippen LogP contribution in [0.4, 0.5) is 0 Å². The van der Waals surface area contributed by atoms with E-state index in [0.29, 0.717) is 63.6 Å². The summed E-state index contributed by atoms with van der Waals surface area (Å²) in [7, 11) is 0. The van der Waals surface area contributed by atoms with E-state index in [1.165, 1.54) is 38.5 Å². The van der Waals surface area contributed by atoms with Crippen LogP contribution in [-0.2, 0) is 28.7 Å². The van der Waals surface area contributed by atoms with Gasteiger partial charge >= 0.3 is 23.9 Å². The van der Waals surface area contributed by atoms with Gasteiger partial charge in [-0.15, -0.1) is 0 Å². The highest BCUT2D eigenvalue weighted by atomic mass is 16.5. The van der Waals surface area contributed by atoms with E-state index in [2.05, 4.69) is 27.7 Å². The van der Waals surface area contributed by atoms with E-state index in [1.54, 1.807) is 0 Å². The zero-order valence-electron chi connectivity index (χ0n) is 26.1. The number of hydrogen-bond acceptors (Lipinski definition) is 6. The second kappa shape index (κ2) is 29.9. The molecule has 0 aliphatic rings. The van der Waals surface area contributed by atoms with Crippen LogP contribution in [0.5, 0.6) is 0 Å². The first-order valence-corrected chi connectivity index (χ1v) is 15.9. The number of esters is 2. The van der Waals surface area contributed by atoms with Gasteiger partial charge in [0.25, 0.3) is 0 Å². The first kappa shape index (κ1) is 40.0. The quantitative estimate of drug-likeness (QED) is 0.0782. The number of carbonyl (C=O) groups excluding carboxylic acids is 2. The minimum Gasteiger partial charge on any atom is -0.481 e. The van der Waals surface area contributed by atoms with Crippen LogP contribution in [0.2, 0.25) is 0 Å². The number of rotatable bonds is 26. The van der Waals surface area contributed by atoms with Crippen molar-refractivity contribution in [3.05, 3.63) is 0 Å². The highest BCUT2D eigenvalue weighted by Gasteiger charge is 2.13. The lowest BCUT2D eigenvalue weighted by atomic mass is 9.97. The van der Waals surface area contributed by atoms with Crippen molar-refractivity contribution in [2.75, 3.05) is 13.2 Å². The molecule has 0 radical (unpaired) electrons. The Bertz CT molecular complexity index is 580. The van der Waals surface area contributed by atoms with Crippen molar-refractivity contribution in [3.63, 3.8) is 0 Å². The average Bonchev–Trinajstić information content (AvgIpc) is 2.91. The van der Waals surface area contributed by atoms with Crippen molar-refractivity contribution in [1.82, 2.24) is 0 Å². The van der Waals surface area contributed by atoms with E-state index in [-0.39, 0.29) is 24.8 Å². The maximum absolute atomic E-state index is 12.0. The summed E-state index contributed by atoms with van der Waals surface area (Å²) in [6.45, 7) is 9.89. The van der Waals surface area contributed by atoms with Crippen molar-refractivity contribution in [3.8, 4) is 0 Å². The molecule has 0 aromatic heterocycles. The number of carboxylic acids is 2. The Hall–Kier alpha value is -2.12. The molecule has 0 saturated heterocycles. The van der Waals surface area contributed by atoms with Crippen LogP contribution >= 0.6 is 0 Å². The highest BCUT2D eigenvalue weighted by Crippen LogP contribution is 2.18. The van der Waals surface area contributed by atoms with Crippen LogP contribution in [0.25, 0.3) is 0 Å². The minimum atomic E-state index is -0.870. The van der Waals surface area contributed by atoms with Crippen molar-refractivity contribution in [2.24, 2.45) is 11.8 Å². The van der Waals surface area contributed by atoms with E-state index in [0.717, 1.165) is 38.5 Å². The Morgan fingerprint density at radius 1 is 0.475 bits per heavy atom. The predicted molar refractivity (Wildman–Crippen MR) is 159 cm³/mol. The Balaban J connectivity index is 0. The van der Waals surface area contributed by atoms with Crippen molar-refractivity contribution >= 4 is 23.9 Å². The maximum Gasteiger partial charge on any atom is 0.305 e. The summed E-state index contributed by atoms with van der Waals surface area (Å²) in [5.74, 6) is -1.00. The van der Waals surface area contributed by atoms with Crippen LogP contribution in [0, 0.1) is 11.8 Å². The van der Waals surface area contributed by atoms with Crippen molar-refractivity contribution < 1.29 is 38.9 Å². The molecular formula is C32H60O8. The third kappa shape index (κ3) is 30.4. The lowest BCUT2D eigenvalue weighted by Crippen LogP contribution is -2.15. The molecule has 0 amide bonds. The molecule has 0 aliphatic heterocycles. The van der Waals surface area contributed by atoms with Crippen LogP contribution in [0.1, 0.15) is 156 Å². The summed E-state index contributed by atoms with van der Waals surface area (Å²) < 4.78 is 11.0. The zero-order chi connectivity index (χ0) is 30.4. The number of ether oxygens (including phenoxy) is 2. The van der Waals surface area contributed by atoms with E-state index >= 15 is 0 Å². The summed E-state index contributed by atoms with van der Waals surface area (Å²) in [4.78, 5) is 43.8. The minimum absolute atomic E-state index is 0.0628. The summed E-state index contributed by atoms with van der Waals surface area (Å²) in [5.41, 5.74) is 0. The van der Waals surface area contributed by atoms with Gasteiger partial charge in [0.05, 0.1) is 13.2 Å². The van der Waals surface area contributed by atoms with Gasteiger partial charge < -0.3 is 19.7 Å². The Morgan fingerprint density at radius 3 is 1.12 bits per heavy atom. The fourth-order valence-electron chi connectivity index (χ4n) is 4.46. The Kier molecular flexibility index (Phi) is 29.9. The highest BCUT2D eigenvalue weighted by molar-refractivity contribution is 5.70. The standard InChI is InChI=1S/C26H50O4.C6H10O4/c1-5-9-11-17-23(15-7-3)21-29-25(27)19-13-14-20-26(28)30-22-24(16-8-4)18-12-10-6-2;7-5(8)3-1-2-4-6(9)10/h23-24H,5-22H2,1-4H3;1-4H2,(H,7,8)(H,9,10). The average molecular weight is 573 g/mol. The van der Waals surface area contributed by atoms with Gasteiger partial charge in [-0.2, -0.15) is 0 Å². The number of unbranched alkanes of at least 4 members (excludes halogenated alkanes) is 6. The van der Waals surface area contributed by atoms with Gasteiger partial charge in [0.1, 0.15) is 0 Å². The molecule has 0 aromatic rings. The second-order valence-corrected chi connectivity index (χ2v) is 10.9. The molecule has 40 heavy (non-hydrogen) atoms. The first-order valence-electron chi connectivity index (χ1n) is 15.9. The molecule has 236 valence electrons. The molecule has 2 atom stereocenters. The topological polar surface area (TPSA) is 127 Å². The van der Waals surface area contributed by atoms with Crippen LogP contribution in [-0.4, -0.2) is 47.3 Å².